The van der Waals surface area contributed by atoms with Crippen molar-refractivity contribution in [3.63, 3.8) is 0 Å². The zero-order valence-corrected chi connectivity index (χ0v) is 24.4. The molecule has 0 radical (unpaired) electrons. The average Bonchev–Trinajstić information content (AvgIpc) is 3.47. The summed E-state index contributed by atoms with van der Waals surface area (Å²) < 4.78 is 5.44. The van der Waals surface area contributed by atoms with Gasteiger partial charge in [0.2, 0.25) is 11.9 Å². The average molecular weight is 603 g/mol. The van der Waals surface area contributed by atoms with Crippen molar-refractivity contribution in [2.24, 2.45) is 0 Å². The zero-order chi connectivity index (χ0) is 28.4. The molecule has 2 aliphatic rings. The molecule has 3 aromatic rings. The van der Waals surface area contributed by atoms with E-state index >= 15 is 0 Å². The van der Waals surface area contributed by atoms with Crippen molar-refractivity contribution in [2.45, 2.75) is 57.8 Å². The van der Waals surface area contributed by atoms with Crippen molar-refractivity contribution in [3.8, 4) is 5.75 Å². The molecule has 10 nitrogen and oxygen atoms in total. The van der Waals surface area contributed by atoms with E-state index in [0.717, 1.165) is 41.8 Å². The predicted octanol–water partition coefficient (Wildman–Crippen LogP) is 5.73. The molecule has 1 aromatic carbocycles. The predicted molar refractivity (Wildman–Crippen MR) is 158 cm³/mol. The summed E-state index contributed by atoms with van der Waals surface area (Å²) in [6.45, 7) is 5.75. The van der Waals surface area contributed by atoms with Crippen LogP contribution in [0.25, 0.3) is 0 Å². The van der Waals surface area contributed by atoms with Gasteiger partial charge in [0, 0.05) is 35.4 Å². The SMILES string of the molecule is C=CC(=O)N[C@H]1CCCC[C@H]1Nc1ncc2c(n1)N(Cc1nccs1)C(=O)N(c1c(Cl)c(C)cc(OC)c1Cl)C2. The summed E-state index contributed by atoms with van der Waals surface area (Å²) in [7, 11) is 1.52. The van der Waals surface area contributed by atoms with Gasteiger partial charge < -0.3 is 15.4 Å². The highest BCUT2D eigenvalue weighted by Crippen LogP contribution is 2.45. The number of hydrogen-bond donors (Lipinski definition) is 2. The van der Waals surface area contributed by atoms with Crippen molar-refractivity contribution < 1.29 is 14.3 Å². The van der Waals surface area contributed by atoms with Gasteiger partial charge in [0.15, 0.2) is 0 Å². The highest BCUT2D eigenvalue weighted by Gasteiger charge is 2.37. The lowest BCUT2D eigenvalue weighted by atomic mass is 9.90. The van der Waals surface area contributed by atoms with Gasteiger partial charge in [-0.15, -0.1) is 11.3 Å². The number of nitrogens with zero attached hydrogens (tertiary/aromatic N) is 5. The molecule has 1 aliphatic heterocycles. The van der Waals surface area contributed by atoms with Gasteiger partial charge in [0.05, 0.1) is 30.9 Å². The Morgan fingerprint density at radius 2 is 2.02 bits per heavy atom. The van der Waals surface area contributed by atoms with E-state index in [4.69, 9.17) is 32.9 Å². The van der Waals surface area contributed by atoms with Gasteiger partial charge in [-0.25, -0.2) is 14.8 Å². The van der Waals surface area contributed by atoms with Gasteiger partial charge in [0.25, 0.3) is 0 Å². The van der Waals surface area contributed by atoms with Crippen molar-refractivity contribution >= 4 is 63.9 Å². The largest absolute Gasteiger partial charge is 0.495 e. The number of aryl methyl sites for hydroxylation is 1. The minimum Gasteiger partial charge on any atom is -0.495 e. The second-order valence-electron chi connectivity index (χ2n) is 9.65. The Balaban J connectivity index is 1.51. The number of ether oxygens (including phenoxy) is 1. The van der Waals surface area contributed by atoms with Gasteiger partial charge in [0.1, 0.15) is 21.6 Å². The highest BCUT2D eigenvalue weighted by atomic mass is 35.5. The van der Waals surface area contributed by atoms with E-state index in [1.54, 1.807) is 23.4 Å². The Labute approximate surface area is 246 Å². The lowest BCUT2D eigenvalue weighted by Crippen LogP contribution is -2.49. The Kier molecular flexibility index (Phi) is 8.43. The Morgan fingerprint density at radius 3 is 2.73 bits per heavy atom. The van der Waals surface area contributed by atoms with Crippen molar-refractivity contribution in [3.05, 3.63) is 62.7 Å². The number of nitrogens with one attached hydrogen (secondary N) is 2. The fourth-order valence-corrected chi connectivity index (χ4v) is 6.29. The first-order valence-electron chi connectivity index (χ1n) is 12.9. The Bertz CT molecular complexity index is 1440. The number of urea groups is 1. The number of carbonyl (C=O) groups is 2. The number of thiazole rings is 1. The van der Waals surface area contributed by atoms with Crippen LogP contribution in [0.4, 0.5) is 22.2 Å². The first-order chi connectivity index (χ1) is 19.3. The molecule has 0 saturated heterocycles. The topological polar surface area (TPSA) is 113 Å². The van der Waals surface area contributed by atoms with Crippen LogP contribution < -0.4 is 25.2 Å². The molecule has 3 amide bonds. The van der Waals surface area contributed by atoms with Crippen molar-refractivity contribution in [1.82, 2.24) is 20.3 Å². The molecular formula is C27H29Cl2N7O3S. The molecule has 0 spiro atoms. The van der Waals surface area contributed by atoms with Crippen LogP contribution in [0, 0.1) is 6.92 Å². The van der Waals surface area contributed by atoms with Crippen LogP contribution in [-0.4, -0.2) is 46.1 Å². The molecule has 2 atom stereocenters. The van der Waals surface area contributed by atoms with E-state index in [9.17, 15) is 9.59 Å². The standard InChI is InChI=1S/C27H29Cl2N7O3S/c1-4-20(37)32-17-7-5-6-8-18(17)33-26-31-12-16-13-35(24-22(28)15(2)11-19(39-3)23(24)29)27(38)36(25(16)34-26)14-21-30-9-10-40-21/h4,9-12,17-18H,1,5-8,13-14H2,2-3H3,(H,32,37)(H,31,33,34)/t17-,18+/m0/s1. The third-order valence-corrected chi connectivity index (χ3v) is 8.68. The second kappa shape index (κ2) is 12.0. The van der Waals surface area contributed by atoms with Crippen LogP contribution in [0.5, 0.6) is 5.75 Å². The fraction of sp³-hybridized carbons (Fsp3) is 0.370. The minimum atomic E-state index is -0.349. The van der Waals surface area contributed by atoms with Gasteiger partial charge in [-0.1, -0.05) is 42.6 Å². The highest BCUT2D eigenvalue weighted by molar-refractivity contribution is 7.09. The van der Waals surface area contributed by atoms with Crippen LogP contribution >= 0.6 is 34.5 Å². The third-order valence-electron chi connectivity index (χ3n) is 7.07. The molecule has 40 heavy (non-hydrogen) atoms. The summed E-state index contributed by atoms with van der Waals surface area (Å²) in [6, 6.07) is 1.25. The summed E-state index contributed by atoms with van der Waals surface area (Å²) in [5.41, 5.74) is 1.81. The summed E-state index contributed by atoms with van der Waals surface area (Å²) >= 11 is 14.8. The van der Waals surface area contributed by atoms with Crippen LogP contribution in [-0.2, 0) is 17.9 Å². The van der Waals surface area contributed by atoms with E-state index in [0.29, 0.717) is 28.2 Å². The number of rotatable bonds is 8. The maximum atomic E-state index is 14.1. The molecule has 210 valence electrons. The Hall–Kier alpha value is -3.41. The molecule has 2 N–H and O–H groups in total. The van der Waals surface area contributed by atoms with E-state index < -0.39 is 0 Å². The number of aromatic nitrogens is 3. The van der Waals surface area contributed by atoms with E-state index in [2.05, 4.69) is 27.2 Å². The van der Waals surface area contributed by atoms with E-state index in [1.165, 1.54) is 29.4 Å². The number of amides is 3. The van der Waals surface area contributed by atoms with Crippen molar-refractivity contribution in [1.29, 1.82) is 0 Å². The monoisotopic (exact) mass is 601 g/mol. The fourth-order valence-electron chi connectivity index (χ4n) is 5.06. The molecule has 1 saturated carbocycles. The number of carbonyl (C=O) groups excluding carboxylic acids is 2. The summed E-state index contributed by atoms with van der Waals surface area (Å²) in [5, 5.41) is 9.61. The Morgan fingerprint density at radius 1 is 1.25 bits per heavy atom. The number of halogens is 2. The van der Waals surface area contributed by atoms with Gasteiger partial charge in [-0.05, 0) is 37.5 Å². The van der Waals surface area contributed by atoms with E-state index in [-0.39, 0.29) is 42.1 Å². The number of methoxy groups -OCH3 is 1. The first kappa shape index (κ1) is 28.1. The lowest BCUT2D eigenvalue weighted by Gasteiger charge is -2.37. The van der Waals surface area contributed by atoms with Crippen LogP contribution in [0.1, 0.15) is 41.8 Å². The van der Waals surface area contributed by atoms with Gasteiger partial charge in [-0.2, -0.15) is 4.98 Å². The molecule has 0 bridgehead atoms. The molecule has 0 unspecified atom stereocenters. The molecule has 1 aliphatic carbocycles. The molecule has 1 fully saturated rings. The molecular weight excluding hydrogens is 573 g/mol. The lowest BCUT2D eigenvalue weighted by molar-refractivity contribution is -0.117. The maximum absolute atomic E-state index is 14.1. The number of hydrogen-bond acceptors (Lipinski definition) is 8. The minimum absolute atomic E-state index is 0.0590. The molecule has 13 heteroatoms. The summed E-state index contributed by atoms with van der Waals surface area (Å²) in [4.78, 5) is 42.9. The van der Waals surface area contributed by atoms with Crippen LogP contribution in [0.2, 0.25) is 10.0 Å². The number of benzene rings is 1. The second-order valence-corrected chi connectivity index (χ2v) is 11.4. The number of anilines is 3. The van der Waals surface area contributed by atoms with Gasteiger partial charge >= 0.3 is 6.03 Å². The van der Waals surface area contributed by atoms with Crippen LogP contribution in [0.3, 0.4) is 0 Å². The first-order valence-corrected chi connectivity index (χ1v) is 14.5. The molecule has 5 rings (SSSR count). The normalized spacial score (nSPS) is 18.8. The number of fused-ring (bicyclic) bond motifs is 1. The van der Waals surface area contributed by atoms with Crippen LogP contribution in [0.15, 0.2) is 36.5 Å². The molecule has 3 heterocycles. The zero-order valence-electron chi connectivity index (χ0n) is 22.1. The molecule has 2 aromatic heterocycles. The smallest absolute Gasteiger partial charge is 0.330 e. The maximum Gasteiger partial charge on any atom is 0.330 e. The summed E-state index contributed by atoms with van der Waals surface area (Å²) in [6.07, 6.45) is 8.41. The quantitative estimate of drug-likeness (QED) is 0.317. The van der Waals surface area contributed by atoms with Gasteiger partial charge in [-0.3, -0.25) is 14.6 Å². The third kappa shape index (κ3) is 5.59. The van der Waals surface area contributed by atoms with Crippen molar-refractivity contribution in [2.75, 3.05) is 22.2 Å². The summed E-state index contributed by atoms with van der Waals surface area (Å²) in [5.74, 6) is 1.06. The van der Waals surface area contributed by atoms with E-state index in [1.807, 2.05) is 12.3 Å².